The fourth-order valence-electron chi connectivity index (χ4n) is 3.70. The number of aromatic amines is 1. The summed E-state index contributed by atoms with van der Waals surface area (Å²) < 4.78 is 8.16. The van der Waals surface area contributed by atoms with E-state index in [2.05, 4.69) is 20.5 Å². The first-order valence-electron chi connectivity index (χ1n) is 8.48. The number of carbonyl (C=O) groups excluding carboxylic acids is 1. The van der Waals surface area contributed by atoms with E-state index in [1.54, 1.807) is 0 Å². The highest BCUT2D eigenvalue weighted by molar-refractivity contribution is 5.94. The van der Waals surface area contributed by atoms with Gasteiger partial charge in [-0.15, -0.1) is 0 Å². The van der Waals surface area contributed by atoms with E-state index in [0.717, 1.165) is 33.9 Å². The van der Waals surface area contributed by atoms with E-state index >= 15 is 0 Å². The van der Waals surface area contributed by atoms with Gasteiger partial charge >= 0.3 is 0 Å². The fourth-order valence-corrected chi connectivity index (χ4v) is 3.70. The van der Waals surface area contributed by atoms with Gasteiger partial charge in [0.25, 0.3) is 0 Å². The van der Waals surface area contributed by atoms with Crippen LogP contribution in [0.3, 0.4) is 0 Å². The Bertz CT molecular complexity index is 1150. The Kier molecular flexibility index (Phi) is 3.06. The molecule has 2 N–H and O–H groups in total. The summed E-state index contributed by atoms with van der Waals surface area (Å²) in [6.45, 7) is 1.95. The number of carbonyl (C=O) groups is 1. The number of fused-ring (bicyclic) bond motifs is 2. The van der Waals surface area contributed by atoms with Gasteiger partial charge in [-0.05, 0) is 31.2 Å². The van der Waals surface area contributed by atoms with Crippen LogP contribution in [-0.4, -0.2) is 25.7 Å². The van der Waals surface area contributed by atoms with E-state index in [-0.39, 0.29) is 11.8 Å². The molecule has 0 aliphatic carbocycles. The summed E-state index contributed by atoms with van der Waals surface area (Å²) in [5.41, 5.74) is 3.89. The van der Waals surface area contributed by atoms with Crippen molar-refractivity contribution in [2.24, 2.45) is 7.05 Å². The Morgan fingerprint density at radius 1 is 1.23 bits per heavy atom. The Hall–Kier alpha value is -3.35. The molecule has 0 bridgehead atoms. The molecule has 1 amide bonds. The number of hydrogen-bond donors (Lipinski definition) is 2. The zero-order valence-corrected chi connectivity index (χ0v) is 14.4. The van der Waals surface area contributed by atoms with Crippen LogP contribution in [0.1, 0.15) is 29.4 Å². The molecule has 0 fully saturated rings. The molecule has 1 aliphatic rings. The van der Waals surface area contributed by atoms with Crippen molar-refractivity contribution in [3.05, 3.63) is 53.4 Å². The lowest BCUT2D eigenvalue weighted by Gasteiger charge is -2.20. The number of rotatable bonds is 2. The fraction of sp³-hybridized carbons (Fsp3) is 0.211. The molecule has 7 heteroatoms. The molecule has 5 rings (SSSR count). The lowest BCUT2D eigenvalue weighted by molar-refractivity contribution is -0.116. The Morgan fingerprint density at radius 3 is 2.92 bits per heavy atom. The van der Waals surface area contributed by atoms with Crippen LogP contribution in [0.15, 0.2) is 40.8 Å². The number of imidazole rings is 1. The van der Waals surface area contributed by atoms with Crippen LogP contribution >= 0.6 is 0 Å². The topological polar surface area (TPSA) is 88.7 Å². The zero-order chi connectivity index (χ0) is 17.8. The molecule has 0 saturated heterocycles. The van der Waals surface area contributed by atoms with Gasteiger partial charge in [-0.3, -0.25) is 9.89 Å². The number of anilines is 1. The van der Waals surface area contributed by atoms with Crippen LogP contribution in [0.25, 0.3) is 22.6 Å². The minimum atomic E-state index is -0.152. The summed E-state index contributed by atoms with van der Waals surface area (Å²) in [6, 6.07) is 11.8. The molecule has 130 valence electrons. The normalized spacial score (nSPS) is 16.7. The van der Waals surface area contributed by atoms with Crippen LogP contribution in [0.2, 0.25) is 0 Å². The average molecular weight is 347 g/mol. The van der Waals surface area contributed by atoms with Crippen LogP contribution in [0.4, 0.5) is 5.82 Å². The number of H-pyrrole nitrogens is 1. The van der Waals surface area contributed by atoms with Crippen molar-refractivity contribution in [2.75, 3.05) is 5.32 Å². The SMILES string of the molecule is Cc1[nH]nc2c1C(c1ccc(-c3nc4ccccc4n3C)o1)CC(=O)N2. The van der Waals surface area contributed by atoms with Crippen molar-refractivity contribution >= 4 is 22.8 Å². The molecule has 4 aromatic rings. The number of amides is 1. The maximum atomic E-state index is 12.0. The number of para-hydroxylation sites is 2. The van der Waals surface area contributed by atoms with Gasteiger partial charge in [-0.1, -0.05) is 12.1 Å². The van der Waals surface area contributed by atoms with Crippen molar-refractivity contribution < 1.29 is 9.21 Å². The first-order chi connectivity index (χ1) is 12.6. The van der Waals surface area contributed by atoms with Gasteiger partial charge in [-0.2, -0.15) is 5.10 Å². The van der Waals surface area contributed by atoms with Crippen LogP contribution in [-0.2, 0) is 11.8 Å². The molecular formula is C19H17N5O2. The lowest BCUT2D eigenvalue weighted by atomic mass is 9.90. The third kappa shape index (κ3) is 2.10. The highest BCUT2D eigenvalue weighted by Gasteiger charge is 2.32. The molecule has 1 unspecified atom stereocenters. The number of hydrogen-bond acceptors (Lipinski definition) is 4. The molecule has 26 heavy (non-hydrogen) atoms. The van der Waals surface area contributed by atoms with Crippen molar-refractivity contribution in [3.8, 4) is 11.6 Å². The molecular weight excluding hydrogens is 330 g/mol. The van der Waals surface area contributed by atoms with E-state index < -0.39 is 0 Å². The van der Waals surface area contributed by atoms with Crippen molar-refractivity contribution in [1.82, 2.24) is 19.7 Å². The second-order valence-electron chi connectivity index (χ2n) is 6.60. The molecule has 1 aliphatic heterocycles. The number of aromatic nitrogens is 4. The predicted molar refractivity (Wildman–Crippen MR) is 96.8 cm³/mol. The van der Waals surface area contributed by atoms with Crippen molar-refractivity contribution in [3.63, 3.8) is 0 Å². The summed E-state index contributed by atoms with van der Waals surface area (Å²) in [5.74, 6) is 2.57. The van der Waals surface area contributed by atoms with E-state index in [1.165, 1.54) is 0 Å². The van der Waals surface area contributed by atoms with Gasteiger partial charge in [0.1, 0.15) is 5.76 Å². The maximum absolute atomic E-state index is 12.0. The van der Waals surface area contributed by atoms with Gasteiger partial charge in [0.2, 0.25) is 5.91 Å². The summed E-state index contributed by atoms with van der Waals surface area (Å²) in [5, 5.41) is 9.92. The average Bonchev–Trinajstić information content (AvgIpc) is 3.33. The molecule has 1 atom stereocenters. The minimum Gasteiger partial charge on any atom is -0.457 e. The van der Waals surface area contributed by atoms with E-state index in [1.807, 2.05) is 54.9 Å². The zero-order valence-electron chi connectivity index (χ0n) is 14.4. The summed E-state index contributed by atoms with van der Waals surface area (Å²) >= 11 is 0. The van der Waals surface area contributed by atoms with Gasteiger partial charge in [0, 0.05) is 24.7 Å². The third-order valence-electron chi connectivity index (χ3n) is 4.97. The highest BCUT2D eigenvalue weighted by Crippen LogP contribution is 2.39. The molecule has 1 aromatic carbocycles. The smallest absolute Gasteiger partial charge is 0.226 e. The van der Waals surface area contributed by atoms with E-state index in [4.69, 9.17) is 4.42 Å². The quantitative estimate of drug-likeness (QED) is 0.582. The number of furan rings is 1. The lowest BCUT2D eigenvalue weighted by Crippen LogP contribution is -2.23. The van der Waals surface area contributed by atoms with E-state index in [9.17, 15) is 4.79 Å². The summed E-state index contributed by atoms with van der Waals surface area (Å²) in [7, 11) is 1.97. The number of benzene rings is 1. The van der Waals surface area contributed by atoms with Crippen molar-refractivity contribution in [2.45, 2.75) is 19.3 Å². The molecule has 0 saturated carbocycles. The van der Waals surface area contributed by atoms with E-state index in [0.29, 0.717) is 18.0 Å². The van der Waals surface area contributed by atoms with Crippen LogP contribution in [0, 0.1) is 6.92 Å². The molecule has 3 aromatic heterocycles. The first-order valence-corrected chi connectivity index (χ1v) is 8.48. The number of nitrogens with one attached hydrogen (secondary N) is 2. The maximum Gasteiger partial charge on any atom is 0.226 e. The molecule has 0 spiro atoms. The van der Waals surface area contributed by atoms with Gasteiger partial charge < -0.3 is 14.3 Å². The number of aryl methyl sites for hydroxylation is 2. The Labute approximate surface area is 149 Å². The molecule has 7 nitrogen and oxygen atoms in total. The van der Waals surface area contributed by atoms with Gasteiger partial charge in [0.05, 0.1) is 17.0 Å². The minimum absolute atomic E-state index is 0.0605. The molecule has 4 heterocycles. The van der Waals surface area contributed by atoms with Gasteiger partial charge in [0.15, 0.2) is 17.4 Å². The summed E-state index contributed by atoms with van der Waals surface area (Å²) in [6.07, 6.45) is 0.336. The Balaban J connectivity index is 1.59. The Morgan fingerprint density at radius 2 is 2.08 bits per heavy atom. The third-order valence-corrected chi connectivity index (χ3v) is 4.97. The predicted octanol–water partition coefficient (Wildman–Crippen LogP) is 3.34. The van der Waals surface area contributed by atoms with Crippen LogP contribution < -0.4 is 5.32 Å². The summed E-state index contributed by atoms with van der Waals surface area (Å²) in [4.78, 5) is 16.7. The monoisotopic (exact) mass is 347 g/mol. The largest absolute Gasteiger partial charge is 0.457 e. The number of nitrogens with zero attached hydrogens (tertiary/aromatic N) is 3. The second kappa shape index (κ2) is 5.32. The standard InChI is InChI=1S/C19H17N5O2/c1-10-17-11(9-16(25)21-18(17)23-22-10)14-7-8-15(26-14)19-20-12-5-3-4-6-13(12)24(19)2/h3-8,11H,9H2,1-2H3,(H2,21,22,23,25). The van der Waals surface area contributed by atoms with Crippen molar-refractivity contribution in [1.29, 1.82) is 0 Å². The van der Waals surface area contributed by atoms with Gasteiger partial charge in [-0.25, -0.2) is 4.98 Å². The second-order valence-corrected chi connectivity index (χ2v) is 6.60. The van der Waals surface area contributed by atoms with Crippen LogP contribution in [0.5, 0.6) is 0 Å². The molecule has 0 radical (unpaired) electrons. The highest BCUT2D eigenvalue weighted by atomic mass is 16.3. The first kappa shape index (κ1) is 14.9.